The van der Waals surface area contributed by atoms with Gasteiger partial charge in [0.15, 0.2) is 0 Å². The molecular formula is C5H6F3N3. The van der Waals surface area contributed by atoms with E-state index in [4.69, 9.17) is 0 Å². The van der Waals surface area contributed by atoms with E-state index in [1.807, 2.05) is 0 Å². The van der Waals surface area contributed by atoms with Crippen molar-refractivity contribution >= 4 is 0 Å². The number of rotatable bonds is 1. The van der Waals surface area contributed by atoms with Gasteiger partial charge in [-0.1, -0.05) is 0 Å². The highest BCUT2D eigenvalue weighted by atomic mass is 19.4. The van der Waals surface area contributed by atoms with Crippen molar-refractivity contribution in [2.75, 3.05) is 0 Å². The Morgan fingerprint density at radius 2 is 2.18 bits per heavy atom. The predicted molar refractivity (Wildman–Crippen MR) is 30.8 cm³/mol. The fraction of sp³-hybridized carbons (Fsp3) is 0.600. The van der Waals surface area contributed by atoms with Crippen molar-refractivity contribution in [2.24, 2.45) is 0 Å². The molecule has 11 heavy (non-hydrogen) atoms. The van der Waals surface area contributed by atoms with Gasteiger partial charge in [0.25, 0.3) is 0 Å². The van der Waals surface area contributed by atoms with Gasteiger partial charge in [-0.25, -0.2) is 9.67 Å². The second-order valence-electron chi connectivity index (χ2n) is 2.08. The lowest BCUT2D eigenvalue weighted by Gasteiger charge is -2.06. The zero-order valence-electron chi connectivity index (χ0n) is 5.76. The van der Waals surface area contributed by atoms with Gasteiger partial charge in [0, 0.05) is 0 Å². The van der Waals surface area contributed by atoms with Crippen LogP contribution in [0.3, 0.4) is 0 Å². The summed E-state index contributed by atoms with van der Waals surface area (Å²) in [6.45, 7) is 0.400. The Morgan fingerprint density at radius 1 is 1.55 bits per heavy atom. The number of nitrogens with zero attached hydrogens (tertiary/aromatic N) is 3. The molecule has 0 aliphatic heterocycles. The van der Waals surface area contributed by atoms with Gasteiger partial charge in [-0.05, 0) is 6.92 Å². The third kappa shape index (κ3) is 2.21. The SMILES string of the molecule is Cc1ncnn1CC(F)(F)F. The van der Waals surface area contributed by atoms with Crippen LogP contribution >= 0.6 is 0 Å². The molecule has 1 aromatic rings. The fourth-order valence-electron chi connectivity index (χ4n) is 0.647. The van der Waals surface area contributed by atoms with Crippen LogP contribution in [0.2, 0.25) is 0 Å². The van der Waals surface area contributed by atoms with Gasteiger partial charge in [-0.3, -0.25) is 0 Å². The van der Waals surface area contributed by atoms with Crippen LogP contribution < -0.4 is 0 Å². The van der Waals surface area contributed by atoms with Crippen LogP contribution in [0.1, 0.15) is 5.82 Å². The van der Waals surface area contributed by atoms with Gasteiger partial charge in [0.05, 0.1) is 0 Å². The van der Waals surface area contributed by atoms with E-state index in [-0.39, 0.29) is 5.82 Å². The Balaban J connectivity index is 2.72. The summed E-state index contributed by atoms with van der Waals surface area (Å²) in [7, 11) is 0. The summed E-state index contributed by atoms with van der Waals surface area (Å²) in [5.41, 5.74) is 0. The highest BCUT2D eigenvalue weighted by Gasteiger charge is 2.28. The first-order valence-electron chi connectivity index (χ1n) is 2.90. The number of hydrogen-bond acceptors (Lipinski definition) is 2. The van der Waals surface area contributed by atoms with Crippen molar-refractivity contribution in [3.8, 4) is 0 Å². The van der Waals surface area contributed by atoms with Gasteiger partial charge >= 0.3 is 6.18 Å². The average Bonchev–Trinajstić information content (AvgIpc) is 2.12. The van der Waals surface area contributed by atoms with E-state index >= 15 is 0 Å². The second kappa shape index (κ2) is 2.52. The molecule has 6 heteroatoms. The highest BCUT2D eigenvalue weighted by molar-refractivity contribution is 4.78. The highest BCUT2D eigenvalue weighted by Crippen LogP contribution is 2.16. The maximum absolute atomic E-state index is 11.7. The van der Waals surface area contributed by atoms with Crippen molar-refractivity contribution in [1.29, 1.82) is 0 Å². The molecule has 0 fully saturated rings. The van der Waals surface area contributed by atoms with Gasteiger partial charge in [0.1, 0.15) is 18.7 Å². The molecule has 0 aliphatic carbocycles. The van der Waals surface area contributed by atoms with Gasteiger partial charge < -0.3 is 0 Å². The number of alkyl halides is 3. The maximum Gasteiger partial charge on any atom is 0.408 e. The first-order chi connectivity index (χ1) is 4.99. The first-order valence-corrected chi connectivity index (χ1v) is 2.90. The molecule has 0 aliphatic rings. The molecule has 62 valence electrons. The van der Waals surface area contributed by atoms with Crippen LogP contribution in [-0.2, 0) is 6.54 Å². The summed E-state index contributed by atoms with van der Waals surface area (Å²) in [6.07, 6.45) is -3.13. The summed E-state index contributed by atoms with van der Waals surface area (Å²) in [5.74, 6) is 0.266. The third-order valence-electron chi connectivity index (χ3n) is 1.14. The minimum absolute atomic E-state index is 0.266. The summed E-state index contributed by atoms with van der Waals surface area (Å²) < 4.78 is 35.9. The predicted octanol–water partition coefficient (Wildman–Crippen LogP) is 1.15. The largest absolute Gasteiger partial charge is 0.408 e. The Labute approximate surface area is 60.8 Å². The number of aryl methyl sites for hydroxylation is 1. The topological polar surface area (TPSA) is 30.7 Å². The monoisotopic (exact) mass is 165 g/mol. The summed E-state index contributed by atoms with van der Waals surface area (Å²) in [5, 5.41) is 3.39. The molecular weight excluding hydrogens is 159 g/mol. The molecule has 0 saturated heterocycles. The van der Waals surface area contributed by atoms with Crippen LogP contribution in [-0.4, -0.2) is 20.9 Å². The summed E-state index contributed by atoms with van der Waals surface area (Å²) >= 11 is 0. The van der Waals surface area contributed by atoms with Crippen molar-refractivity contribution in [3.05, 3.63) is 12.2 Å². The van der Waals surface area contributed by atoms with E-state index in [9.17, 15) is 13.2 Å². The first kappa shape index (κ1) is 8.03. The Hall–Kier alpha value is -1.07. The minimum Gasteiger partial charge on any atom is -0.241 e. The smallest absolute Gasteiger partial charge is 0.241 e. The van der Waals surface area contributed by atoms with Gasteiger partial charge in [-0.15, -0.1) is 0 Å². The standard InChI is InChI=1S/C5H6F3N3/c1-4-9-3-10-11(4)2-5(6,7)8/h3H,2H2,1H3. The number of aromatic nitrogens is 3. The molecule has 0 atom stereocenters. The summed E-state index contributed by atoms with van der Waals surface area (Å²) in [6, 6.07) is 0. The molecule has 1 heterocycles. The van der Waals surface area contributed by atoms with E-state index in [0.717, 1.165) is 11.0 Å². The van der Waals surface area contributed by atoms with Crippen molar-refractivity contribution in [3.63, 3.8) is 0 Å². The van der Waals surface area contributed by atoms with Crippen LogP contribution in [0, 0.1) is 6.92 Å². The van der Waals surface area contributed by atoms with E-state index in [0.29, 0.717) is 0 Å². The average molecular weight is 165 g/mol. The lowest BCUT2D eigenvalue weighted by atomic mass is 10.6. The van der Waals surface area contributed by atoms with Crippen LogP contribution in [0.25, 0.3) is 0 Å². The van der Waals surface area contributed by atoms with Crippen LogP contribution in [0.5, 0.6) is 0 Å². The Bertz CT molecular complexity index is 239. The lowest BCUT2D eigenvalue weighted by Crippen LogP contribution is -2.19. The Morgan fingerprint density at radius 3 is 2.55 bits per heavy atom. The number of halogens is 3. The second-order valence-corrected chi connectivity index (χ2v) is 2.08. The molecule has 0 amide bonds. The molecule has 0 bridgehead atoms. The minimum atomic E-state index is -4.22. The molecule has 0 unspecified atom stereocenters. The summed E-state index contributed by atoms with van der Waals surface area (Å²) in [4.78, 5) is 3.55. The molecule has 0 N–H and O–H groups in total. The molecule has 3 nitrogen and oxygen atoms in total. The Kier molecular flexibility index (Phi) is 1.84. The van der Waals surface area contributed by atoms with Crippen molar-refractivity contribution < 1.29 is 13.2 Å². The van der Waals surface area contributed by atoms with Crippen LogP contribution in [0.15, 0.2) is 6.33 Å². The molecule has 0 aromatic carbocycles. The lowest BCUT2D eigenvalue weighted by molar-refractivity contribution is -0.143. The van der Waals surface area contributed by atoms with Gasteiger partial charge in [0.2, 0.25) is 0 Å². The fourth-order valence-corrected chi connectivity index (χ4v) is 0.647. The molecule has 0 saturated carbocycles. The molecule has 1 rings (SSSR count). The third-order valence-corrected chi connectivity index (χ3v) is 1.14. The van der Waals surface area contributed by atoms with Crippen LogP contribution in [0.4, 0.5) is 13.2 Å². The normalized spacial score (nSPS) is 12.0. The van der Waals surface area contributed by atoms with Crippen molar-refractivity contribution in [1.82, 2.24) is 14.8 Å². The van der Waals surface area contributed by atoms with Crippen molar-refractivity contribution in [2.45, 2.75) is 19.6 Å². The quantitative estimate of drug-likeness (QED) is 0.624. The molecule has 0 spiro atoms. The van der Waals surface area contributed by atoms with Gasteiger partial charge in [-0.2, -0.15) is 18.3 Å². The number of hydrogen-bond donors (Lipinski definition) is 0. The van der Waals surface area contributed by atoms with E-state index < -0.39 is 12.7 Å². The maximum atomic E-state index is 11.7. The van der Waals surface area contributed by atoms with E-state index in [1.54, 1.807) is 0 Å². The molecule has 0 radical (unpaired) electrons. The van der Waals surface area contributed by atoms with E-state index in [1.165, 1.54) is 6.92 Å². The zero-order chi connectivity index (χ0) is 8.48. The zero-order valence-corrected chi connectivity index (χ0v) is 5.76. The van der Waals surface area contributed by atoms with E-state index in [2.05, 4.69) is 10.1 Å². The molecule has 1 aromatic heterocycles.